The summed E-state index contributed by atoms with van der Waals surface area (Å²) in [5.41, 5.74) is 5.27. The zero-order valence-corrected chi connectivity index (χ0v) is 36.0. The van der Waals surface area contributed by atoms with Crippen LogP contribution in [0.25, 0.3) is 0 Å². The number of halogens is 3. The van der Waals surface area contributed by atoms with E-state index in [0.29, 0.717) is 19.4 Å². The maximum absolute atomic E-state index is 13.0. The zero-order chi connectivity index (χ0) is 47.5. The molecule has 0 aromatic heterocycles. The van der Waals surface area contributed by atoms with Crippen molar-refractivity contribution in [1.82, 2.24) is 21.3 Å². The lowest BCUT2D eigenvalue weighted by atomic mass is 10.1. The first-order valence-corrected chi connectivity index (χ1v) is 20.1. The fourth-order valence-corrected chi connectivity index (χ4v) is 5.24. The number of esters is 3. The van der Waals surface area contributed by atoms with Crippen LogP contribution in [0.15, 0.2) is 60.7 Å². The number of alkyl halides is 3. The topological polar surface area (TPSA) is 272 Å². The molecule has 350 valence electrons. The van der Waals surface area contributed by atoms with Crippen molar-refractivity contribution in [3.8, 4) is 0 Å². The molecule has 7 N–H and O–H groups in total. The van der Waals surface area contributed by atoms with Crippen LogP contribution in [-0.2, 0) is 65.7 Å². The van der Waals surface area contributed by atoms with Crippen LogP contribution < -0.4 is 32.1 Å². The van der Waals surface area contributed by atoms with Crippen molar-refractivity contribution >= 4 is 47.7 Å². The number of ether oxygens (including phenoxy) is 4. The van der Waals surface area contributed by atoms with Gasteiger partial charge in [-0.25, -0.2) is 9.59 Å². The molecular weight excluding hydrogens is 839 g/mol. The molecule has 2 rings (SSSR count). The van der Waals surface area contributed by atoms with Gasteiger partial charge in [-0.1, -0.05) is 60.7 Å². The molecule has 18 nitrogen and oxygen atoms in total. The van der Waals surface area contributed by atoms with E-state index in [1.54, 1.807) is 27.7 Å². The Hall–Kier alpha value is -6.25. The number of carboxylic acid groups (broad SMARTS) is 1. The van der Waals surface area contributed by atoms with Crippen LogP contribution in [0.2, 0.25) is 0 Å². The molecule has 6 atom stereocenters. The SMILES string of the molecule is C[C@H](CC(=O)N[C@@H](CCCCNC(=O)OCc1ccccc1)C(=O)OCc1ccccc1)OC(=O)C[C@H](C)NC(=O)C[C@@H](C)OC(=O)C[C@H](C)NC(=O)[C@H](C)[NH3+].O=C([O-])C(F)(F)F. The molecule has 2 aromatic rings. The van der Waals surface area contributed by atoms with E-state index in [0.717, 1.165) is 11.1 Å². The second-order valence-electron chi connectivity index (χ2n) is 14.7. The molecule has 63 heavy (non-hydrogen) atoms. The molecule has 21 heteroatoms. The number of amides is 4. The van der Waals surface area contributed by atoms with Gasteiger partial charge in [-0.05, 0) is 65.0 Å². The minimum Gasteiger partial charge on any atom is -0.542 e. The number of unbranched alkanes of at least 4 members (excludes halogenated alkanes) is 1. The van der Waals surface area contributed by atoms with Gasteiger partial charge in [0.2, 0.25) is 11.8 Å². The van der Waals surface area contributed by atoms with Crippen molar-refractivity contribution in [2.24, 2.45) is 0 Å². The number of carboxylic acids is 1. The van der Waals surface area contributed by atoms with E-state index in [-0.39, 0.29) is 51.2 Å². The summed E-state index contributed by atoms with van der Waals surface area (Å²) in [4.78, 5) is 95.9. The first-order valence-electron chi connectivity index (χ1n) is 20.1. The molecule has 2 aromatic carbocycles. The lowest BCUT2D eigenvalue weighted by Crippen LogP contribution is -2.66. The van der Waals surface area contributed by atoms with Crippen LogP contribution in [0.5, 0.6) is 0 Å². The number of hydrogen-bond donors (Lipinski definition) is 5. The van der Waals surface area contributed by atoms with Gasteiger partial charge in [0.05, 0.1) is 25.7 Å². The summed E-state index contributed by atoms with van der Waals surface area (Å²) >= 11 is 0. The number of quaternary nitrogens is 1. The fourth-order valence-electron chi connectivity index (χ4n) is 5.24. The fraction of sp³-hybridized carbons (Fsp3) is 0.524. The Morgan fingerprint density at radius 2 is 1.10 bits per heavy atom. The summed E-state index contributed by atoms with van der Waals surface area (Å²) in [5.74, 6) is -6.14. The highest BCUT2D eigenvalue weighted by Gasteiger charge is 2.29. The Morgan fingerprint density at radius 1 is 0.651 bits per heavy atom. The third kappa shape index (κ3) is 26.6. The summed E-state index contributed by atoms with van der Waals surface area (Å²) in [6.45, 7) is 8.45. The Labute approximate surface area is 363 Å². The van der Waals surface area contributed by atoms with Gasteiger partial charge in [0.1, 0.15) is 37.4 Å². The molecule has 0 radical (unpaired) electrons. The van der Waals surface area contributed by atoms with Gasteiger partial charge in [0.15, 0.2) is 6.04 Å². The van der Waals surface area contributed by atoms with Crippen molar-refractivity contribution in [3.63, 3.8) is 0 Å². The van der Waals surface area contributed by atoms with Crippen molar-refractivity contribution in [2.75, 3.05) is 6.54 Å². The molecule has 0 saturated carbocycles. The zero-order valence-electron chi connectivity index (χ0n) is 36.0. The second-order valence-corrected chi connectivity index (χ2v) is 14.7. The van der Waals surface area contributed by atoms with Gasteiger partial charge in [-0.2, -0.15) is 13.2 Å². The summed E-state index contributed by atoms with van der Waals surface area (Å²) in [6.07, 6.45) is -6.79. The predicted molar refractivity (Wildman–Crippen MR) is 215 cm³/mol. The molecule has 4 amide bonds. The minimum atomic E-state index is -5.19. The Kier molecular flexibility index (Phi) is 25.3. The standard InChI is InChI=1S/C40H57N5O11.C2HF3O2/c1-26(43-34(46)22-28(3)55-37(49)21-27(2)44-38(50)30(5)41)20-36(48)56-29(4)23-35(47)45-33(39(51)53-24-31-14-8-6-9-15-31)18-12-13-19-42-40(52)54-25-32-16-10-7-11-17-32;3-2(4,5)1(6)7/h6-11,14-17,26-30,33H,12-13,18-25,41H2,1-5H3,(H,42,52)(H,43,46)(H,44,50)(H,45,47);(H,6,7)/t26-,27-,28+,29+,30-,33-;/m0./s1. The molecule has 0 aliphatic carbocycles. The quantitative estimate of drug-likeness (QED) is 0.0571. The minimum absolute atomic E-state index is 0.0185. The van der Waals surface area contributed by atoms with Crippen molar-refractivity contribution in [3.05, 3.63) is 71.8 Å². The van der Waals surface area contributed by atoms with E-state index in [2.05, 4.69) is 27.0 Å². The van der Waals surface area contributed by atoms with Gasteiger partial charge in [-0.3, -0.25) is 24.0 Å². The van der Waals surface area contributed by atoms with E-state index in [4.69, 9.17) is 28.8 Å². The first-order chi connectivity index (χ1) is 29.5. The van der Waals surface area contributed by atoms with Crippen LogP contribution in [0.1, 0.15) is 90.7 Å². The molecule has 0 bridgehead atoms. The summed E-state index contributed by atoms with van der Waals surface area (Å²) in [7, 11) is 0. The molecule has 0 fully saturated rings. The van der Waals surface area contributed by atoms with Gasteiger partial charge in [0.25, 0.3) is 5.91 Å². The number of carbonyl (C=O) groups is 8. The van der Waals surface area contributed by atoms with Crippen LogP contribution in [0.4, 0.5) is 18.0 Å². The number of aliphatic carboxylic acids is 1. The molecule has 0 aliphatic heterocycles. The van der Waals surface area contributed by atoms with E-state index in [1.165, 1.54) is 6.92 Å². The van der Waals surface area contributed by atoms with Gasteiger partial charge >= 0.3 is 30.2 Å². The Bertz CT molecular complexity index is 1770. The van der Waals surface area contributed by atoms with E-state index < -0.39 is 84.3 Å². The highest BCUT2D eigenvalue weighted by atomic mass is 19.4. The molecule has 0 heterocycles. The smallest absolute Gasteiger partial charge is 0.430 e. The lowest BCUT2D eigenvalue weighted by Gasteiger charge is -2.20. The summed E-state index contributed by atoms with van der Waals surface area (Å²) < 4.78 is 52.9. The summed E-state index contributed by atoms with van der Waals surface area (Å²) in [5, 5.41) is 19.5. The molecule has 0 unspecified atom stereocenters. The molecule has 0 aliphatic rings. The lowest BCUT2D eigenvalue weighted by molar-refractivity contribution is -0.398. The Morgan fingerprint density at radius 3 is 1.56 bits per heavy atom. The highest BCUT2D eigenvalue weighted by molar-refractivity contribution is 5.85. The third-order valence-electron chi connectivity index (χ3n) is 8.28. The van der Waals surface area contributed by atoms with E-state index in [9.17, 15) is 46.7 Å². The monoisotopic (exact) mass is 897 g/mol. The average molecular weight is 898 g/mol. The molecule has 0 spiro atoms. The number of alkyl carbamates (subject to hydrolysis) is 1. The average Bonchev–Trinajstić information content (AvgIpc) is 3.18. The van der Waals surface area contributed by atoms with Crippen LogP contribution in [0.3, 0.4) is 0 Å². The number of carbonyl (C=O) groups excluding carboxylic acids is 8. The molecular formula is C42H58F3N5O13. The van der Waals surface area contributed by atoms with E-state index in [1.807, 2.05) is 60.7 Å². The van der Waals surface area contributed by atoms with Crippen molar-refractivity contribution < 1.29 is 81.3 Å². The third-order valence-corrected chi connectivity index (χ3v) is 8.28. The molecule has 0 saturated heterocycles. The number of nitrogens with one attached hydrogen (secondary N) is 4. The maximum atomic E-state index is 13.0. The first kappa shape index (κ1) is 54.8. The van der Waals surface area contributed by atoms with Gasteiger partial charge in [-0.15, -0.1) is 0 Å². The largest absolute Gasteiger partial charge is 0.542 e. The number of rotatable bonds is 24. The predicted octanol–water partition coefficient (Wildman–Crippen LogP) is 1.67. The van der Waals surface area contributed by atoms with Crippen LogP contribution in [0, 0.1) is 0 Å². The Balaban J connectivity index is 0.00000260. The maximum Gasteiger partial charge on any atom is 0.430 e. The highest BCUT2D eigenvalue weighted by Crippen LogP contribution is 2.12. The van der Waals surface area contributed by atoms with Crippen molar-refractivity contribution in [2.45, 2.75) is 135 Å². The van der Waals surface area contributed by atoms with Crippen LogP contribution in [-0.4, -0.2) is 96.8 Å². The number of benzene rings is 2. The summed E-state index contributed by atoms with van der Waals surface area (Å²) in [6, 6.07) is 15.8. The van der Waals surface area contributed by atoms with E-state index >= 15 is 0 Å². The normalized spacial score (nSPS) is 13.7. The van der Waals surface area contributed by atoms with Crippen LogP contribution >= 0.6 is 0 Å². The van der Waals surface area contributed by atoms with Gasteiger partial charge in [0, 0.05) is 18.6 Å². The second kappa shape index (κ2) is 29.1. The number of hydrogen-bond acceptors (Lipinski definition) is 13. The van der Waals surface area contributed by atoms with Gasteiger partial charge < -0.3 is 55.8 Å². The van der Waals surface area contributed by atoms with Crippen molar-refractivity contribution in [1.29, 1.82) is 0 Å².